The number of likely N-dealkylation sites (N-methyl/N-ethyl adjacent to an activating group) is 1. The van der Waals surface area contributed by atoms with E-state index in [4.69, 9.17) is 0 Å². The van der Waals surface area contributed by atoms with E-state index >= 15 is 0 Å². The molecule has 7 nitrogen and oxygen atoms in total. The van der Waals surface area contributed by atoms with Crippen LogP contribution < -0.4 is 5.32 Å². The van der Waals surface area contributed by atoms with Crippen molar-refractivity contribution >= 4 is 11.6 Å². The number of para-hydroxylation sites is 1. The highest BCUT2D eigenvalue weighted by atomic mass is 16.6. The Hall–Kier alpha value is -2.15. The van der Waals surface area contributed by atoms with Crippen LogP contribution in [-0.2, 0) is 0 Å². The zero-order valence-corrected chi connectivity index (χ0v) is 12.0. The van der Waals surface area contributed by atoms with Crippen molar-refractivity contribution in [2.75, 3.05) is 20.6 Å². The topological polar surface area (TPSA) is 95.7 Å². The van der Waals surface area contributed by atoms with E-state index in [1.165, 1.54) is 12.1 Å². The summed E-state index contributed by atoms with van der Waals surface area (Å²) in [6.07, 6.45) is 0. The summed E-state index contributed by atoms with van der Waals surface area (Å²) in [5.74, 6) is -1.15. The molecule has 1 rings (SSSR count). The fourth-order valence-electron chi connectivity index (χ4n) is 1.41. The number of phenols is 1. The first-order valence-electron chi connectivity index (χ1n) is 6.09. The third-order valence-corrected chi connectivity index (χ3v) is 3.35. The van der Waals surface area contributed by atoms with Crippen molar-refractivity contribution in [1.82, 2.24) is 10.2 Å². The van der Waals surface area contributed by atoms with Gasteiger partial charge < -0.3 is 15.3 Å². The molecular weight excluding hydrogens is 262 g/mol. The monoisotopic (exact) mass is 281 g/mol. The summed E-state index contributed by atoms with van der Waals surface area (Å²) in [7, 11) is 3.77. The van der Waals surface area contributed by atoms with E-state index in [2.05, 4.69) is 5.32 Å². The Morgan fingerprint density at radius 2 is 2.05 bits per heavy atom. The third-order valence-electron chi connectivity index (χ3n) is 3.35. The summed E-state index contributed by atoms with van der Waals surface area (Å²) in [5.41, 5.74) is -0.857. The lowest BCUT2D eigenvalue weighted by Gasteiger charge is -2.32. The Morgan fingerprint density at radius 3 is 2.55 bits per heavy atom. The summed E-state index contributed by atoms with van der Waals surface area (Å²) in [6, 6.07) is 3.86. The second-order valence-corrected chi connectivity index (χ2v) is 5.32. The van der Waals surface area contributed by atoms with Gasteiger partial charge in [0.1, 0.15) is 0 Å². The molecule has 0 atom stereocenters. The molecule has 0 aromatic heterocycles. The maximum atomic E-state index is 12.0. The molecule has 0 aliphatic rings. The molecule has 0 spiro atoms. The molecule has 0 fully saturated rings. The van der Waals surface area contributed by atoms with Gasteiger partial charge in [-0.1, -0.05) is 6.07 Å². The summed E-state index contributed by atoms with van der Waals surface area (Å²) in [5, 5.41) is 23.1. The average Bonchev–Trinajstić information content (AvgIpc) is 2.35. The van der Waals surface area contributed by atoms with E-state index in [1.54, 1.807) is 0 Å². The second kappa shape index (κ2) is 5.87. The van der Waals surface area contributed by atoms with Crippen LogP contribution in [0.5, 0.6) is 5.75 Å². The molecule has 2 N–H and O–H groups in total. The van der Waals surface area contributed by atoms with Crippen LogP contribution in [0.4, 0.5) is 5.69 Å². The van der Waals surface area contributed by atoms with E-state index in [0.717, 1.165) is 6.07 Å². The molecule has 0 heterocycles. The molecule has 0 bridgehead atoms. The number of phenolic OH excluding ortho intramolecular Hbond substituents is 1. The lowest BCUT2D eigenvalue weighted by atomic mass is 10.0. The van der Waals surface area contributed by atoms with Gasteiger partial charge in [0.05, 0.1) is 10.5 Å². The molecule has 0 aliphatic heterocycles. The van der Waals surface area contributed by atoms with Gasteiger partial charge in [0.2, 0.25) is 5.75 Å². The number of benzene rings is 1. The maximum Gasteiger partial charge on any atom is 0.311 e. The van der Waals surface area contributed by atoms with Crippen molar-refractivity contribution < 1.29 is 14.8 Å². The molecule has 1 aromatic carbocycles. The van der Waals surface area contributed by atoms with E-state index < -0.39 is 22.3 Å². The molecule has 7 heteroatoms. The minimum absolute atomic E-state index is 0.103. The highest BCUT2D eigenvalue weighted by molar-refractivity contribution is 5.98. The van der Waals surface area contributed by atoms with E-state index in [1.807, 2.05) is 32.8 Å². The van der Waals surface area contributed by atoms with Gasteiger partial charge in [-0.2, -0.15) is 0 Å². The van der Waals surface area contributed by atoms with Crippen LogP contribution in [0.15, 0.2) is 18.2 Å². The summed E-state index contributed by atoms with van der Waals surface area (Å²) < 4.78 is 0. The number of nitrogens with zero attached hydrogens (tertiary/aromatic N) is 2. The highest BCUT2D eigenvalue weighted by Crippen LogP contribution is 2.29. The molecule has 0 saturated carbocycles. The molecule has 0 unspecified atom stereocenters. The fraction of sp³-hybridized carbons (Fsp3) is 0.462. The fourth-order valence-corrected chi connectivity index (χ4v) is 1.41. The van der Waals surface area contributed by atoms with Gasteiger partial charge in [-0.05, 0) is 34.0 Å². The van der Waals surface area contributed by atoms with Crippen LogP contribution in [-0.4, -0.2) is 47.0 Å². The number of aromatic hydroxyl groups is 1. The number of carbonyl (C=O) groups is 1. The van der Waals surface area contributed by atoms with E-state index in [0.29, 0.717) is 6.54 Å². The van der Waals surface area contributed by atoms with E-state index in [9.17, 15) is 20.0 Å². The van der Waals surface area contributed by atoms with Gasteiger partial charge >= 0.3 is 5.69 Å². The summed E-state index contributed by atoms with van der Waals surface area (Å²) >= 11 is 0. The van der Waals surface area contributed by atoms with Crippen molar-refractivity contribution in [1.29, 1.82) is 0 Å². The van der Waals surface area contributed by atoms with Crippen LogP contribution in [0.25, 0.3) is 0 Å². The summed E-state index contributed by atoms with van der Waals surface area (Å²) in [6.45, 7) is 4.24. The van der Waals surface area contributed by atoms with Crippen LogP contribution in [0.2, 0.25) is 0 Å². The summed E-state index contributed by atoms with van der Waals surface area (Å²) in [4.78, 5) is 23.9. The van der Waals surface area contributed by atoms with Gasteiger partial charge in [-0.25, -0.2) is 0 Å². The molecular formula is C13H19N3O4. The Bertz CT molecular complexity index is 526. The third kappa shape index (κ3) is 3.45. The van der Waals surface area contributed by atoms with Gasteiger partial charge in [0.15, 0.2) is 0 Å². The molecule has 0 aliphatic carbocycles. The van der Waals surface area contributed by atoms with Gasteiger partial charge in [-0.15, -0.1) is 0 Å². The zero-order chi connectivity index (χ0) is 15.5. The predicted molar refractivity (Wildman–Crippen MR) is 74.9 cm³/mol. The minimum atomic E-state index is -0.726. The van der Waals surface area contributed by atoms with Crippen molar-refractivity contribution in [2.24, 2.45) is 0 Å². The number of amides is 1. The van der Waals surface area contributed by atoms with Crippen molar-refractivity contribution in [2.45, 2.75) is 19.4 Å². The second-order valence-electron chi connectivity index (χ2n) is 5.32. The van der Waals surface area contributed by atoms with Gasteiger partial charge in [0, 0.05) is 18.2 Å². The number of nitro groups is 1. The zero-order valence-electron chi connectivity index (χ0n) is 12.0. The molecule has 110 valence electrons. The number of nitrogens with one attached hydrogen (secondary N) is 1. The van der Waals surface area contributed by atoms with Gasteiger partial charge in [-0.3, -0.25) is 14.9 Å². The Kier molecular flexibility index (Phi) is 4.67. The largest absolute Gasteiger partial charge is 0.502 e. The van der Waals surface area contributed by atoms with Gasteiger partial charge in [0.25, 0.3) is 5.91 Å². The number of nitro benzene ring substituents is 1. The average molecular weight is 281 g/mol. The number of hydrogen-bond acceptors (Lipinski definition) is 5. The number of hydrogen-bond donors (Lipinski definition) is 2. The van der Waals surface area contributed by atoms with Crippen LogP contribution in [0, 0.1) is 10.1 Å². The highest BCUT2D eigenvalue weighted by Gasteiger charge is 2.24. The van der Waals surface area contributed by atoms with Crippen LogP contribution in [0.1, 0.15) is 24.2 Å². The number of carbonyl (C=O) groups excluding carboxylic acids is 1. The maximum absolute atomic E-state index is 12.0. The molecule has 0 saturated heterocycles. The van der Waals surface area contributed by atoms with Crippen molar-refractivity contribution in [3.8, 4) is 5.75 Å². The quantitative estimate of drug-likeness (QED) is 0.627. The lowest BCUT2D eigenvalue weighted by Crippen LogP contribution is -2.48. The molecule has 1 amide bonds. The standard InChI is InChI=1S/C13H19N3O4/c1-13(2,15(3)4)8-14-12(18)9-6-5-7-10(11(9)17)16(19)20/h5-7,17H,8H2,1-4H3,(H,14,18). The molecule has 1 aromatic rings. The number of rotatable bonds is 5. The SMILES string of the molecule is CN(C)C(C)(C)CNC(=O)c1cccc([N+](=O)[O-])c1O. The Balaban J connectivity index is 2.89. The Labute approximate surface area is 117 Å². The first-order chi connectivity index (χ1) is 9.16. The van der Waals surface area contributed by atoms with Crippen LogP contribution in [0.3, 0.4) is 0 Å². The van der Waals surface area contributed by atoms with Crippen LogP contribution >= 0.6 is 0 Å². The predicted octanol–water partition coefficient (Wildman–Crippen LogP) is 1.37. The first kappa shape index (κ1) is 15.9. The minimum Gasteiger partial charge on any atom is -0.502 e. The van der Waals surface area contributed by atoms with E-state index in [-0.39, 0.29) is 11.1 Å². The Morgan fingerprint density at radius 1 is 1.45 bits per heavy atom. The van der Waals surface area contributed by atoms with Crippen molar-refractivity contribution in [3.05, 3.63) is 33.9 Å². The molecule has 20 heavy (non-hydrogen) atoms. The smallest absolute Gasteiger partial charge is 0.311 e. The van der Waals surface area contributed by atoms with Crippen molar-refractivity contribution in [3.63, 3.8) is 0 Å². The molecule has 0 radical (unpaired) electrons. The lowest BCUT2D eigenvalue weighted by molar-refractivity contribution is -0.385. The normalized spacial score (nSPS) is 11.4. The first-order valence-corrected chi connectivity index (χ1v) is 6.09.